The topological polar surface area (TPSA) is 0 Å². The molecule has 0 heterocycles. The van der Waals surface area contributed by atoms with Crippen molar-refractivity contribution in [1.82, 2.24) is 4.48 Å². The van der Waals surface area contributed by atoms with Gasteiger partial charge in [-0.15, -0.1) is 0 Å². The van der Waals surface area contributed by atoms with Crippen LogP contribution in [-0.2, 0) is 0 Å². The molecule has 1 nitrogen and oxygen atoms in total. The van der Waals surface area contributed by atoms with E-state index >= 15 is 0 Å². The molecule has 0 unspecified atom stereocenters. The SMILES string of the molecule is Cc1ccc([N+](C)(C)c2ccccc2)c(C)c1C. The van der Waals surface area contributed by atoms with Gasteiger partial charge in [-0.1, -0.05) is 24.3 Å². The van der Waals surface area contributed by atoms with Crippen LogP contribution in [0.15, 0.2) is 42.5 Å². The molecule has 0 aliphatic carbocycles. The molecule has 94 valence electrons. The second kappa shape index (κ2) is 4.58. The van der Waals surface area contributed by atoms with Gasteiger partial charge in [-0.05, 0) is 44.0 Å². The molecule has 0 bridgehead atoms. The van der Waals surface area contributed by atoms with Crippen LogP contribution in [0.2, 0.25) is 0 Å². The molecule has 0 aliphatic heterocycles. The fourth-order valence-corrected chi connectivity index (χ4v) is 2.49. The predicted molar refractivity (Wildman–Crippen MR) is 80.4 cm³/mol. The minimum Gasteiger partial charge on any atom is -0.263 e. The molecule has 0 saturated heterocycles. The summed E-state index contributed by atoms with van der Waals surface area (Å²) >= 11 is 0. The third kappa shape index (κ3) is 2.06. The number of para-hydroxylation sites is 1. The van der Waals surface area contributed by atoms with Crippen molar-refractivity contribution in [2.45, 2.75) is 20.8 Å². The van der Waals surface area contributed by atoms with Crippen LogP contribution in [0, 0.1) is 20.8 Å². The van der Waals surface area contributed by atoms with E-state index in [1.165, 1.54) is 28.1 Å². The van der Waals surface area contributed by atoms with E-state index in [0.717, 1.165) is 4.48 Å². The number of hydrogen-bond donors (Lipinski definition) is 0. The highest BCUT2D eigenvalue weighted by atomic mass is 15.3. The maximum Gasteiger partial charge on any atom is 0.140 e. The summed E-state index contributed by atoms with van der Waals surface area (Å²) in [5.41, 5.74) is 6.83. The lowest BCUT2D eigenvalue weighted by Gasteiger charge is -2.31. The summed E-state index contributed by atoms with van der Waals surface area (Å²) in [6.45, 7) is 6.61. The molecule has 0 saturated carbocycles. The average Bonchev–Trinajstić information content (AvgIpc) is 2.37. The minimum absolute atomic E-state index is 0.786. The molecule has 0 radical (unpaired) electrons. The Balaban J connectivity index is 2.58. The third-order valence-corrected chi connectivity index (χ3v) is 4.03. The molecule has 0 fully saturated rings. The summed E-state index contributed by atoms with van der Waals surface area (Å²) in [6.07, 6.45) is 0. The van der Waals surface area contributed by atoms with Crippen LogP contribution >= 0.6 is 0 Å². The van der Waals surface area contributed by atoms with Crippen LogP contribution in [0.5, 0.6) is 0 Å². The van der Waals surface area contributed by atoms with Crippen molar-refractivity contribution in [2.75, 3.05) is 14.1 Å². The van der Waals surface area contributed by atoms with Crippen molar-refractivity contribution >= 4 is 11.4 Å². The van der Waals surface area contributed by atoms with Gasteiger partial charge < -0.3 is 0 Å². The molecule has 0 atom stereocenters. The van der Waals surface area contributed by atoms with Gasteiger partial charge in [-0.2, -0.15) is 0 Å². The summed E-state index contributed by atoms with van der Waals surface area (Å²) < 4.78 is 0.786. The van der Waals surface area contributed by atoms with Crippen molar-refractivity contribution in [2.24, 2.45) is 0 Å². The van der Waals surface area contributed by atoms with E-state index in [2.05, 4.69) is 77.3 Å². The van der Waals surface area contributed by atoms with Gasteiger partial charge in [0.05, 0.1) is 14.1 Å². The van der Waals surface area contributed by atoms with Gasteiger partial charge in [0.1, 0.15) is 11.4 Å². The number of rotatable bonds is 2. The van der Waals surface area contributed by atoms with Gasteiger partial charge >= 0.3 is 0 Å². The second-order valence-electron chi connectivity index (χ2n) is 5.44. The molecule has 2 rings (SSSR count). The monoisotopic (exact) mass is 240 g/mol. The molecule has 0 spiro atoms. The number of benzene rings is 2. The van der Waals surface area contributed by atoms with Crippen molar-refractivity contribution < 1.29 is 0 Å². The summed E-state index contributed by atoms with van der Waals surface area (Å²) in [5, 5.41) is 0. The largest absolute Gasteiger partial charge is 0.263 e. The minimum atomic E-state index is 0.786. The molecule has 1 heteroatoms. The Kier molecular flexibility index (Phi) is 3.27. The van der Waals surface area contributed by atoms with Gasteiger partial charge in [0.15, 0.2) is 0 Å². The molecule has 0 amide bonds. The molecule has 2 aromatic rings. The van der Waals surface area contributed by atoms with Gasteiger partial charge in [0, 0.05) is 11.6 Å². The fourth-order valence-electron chi connectivity index (χ4n) is 2.49. The van der Waals surface area contributed by atoms with Gasteiger partial charge in [-0.3, -0.25) is 4.48 Å². The molecule has 0 aliphatic rings. The Morgan fingerprint density at radius 1 is 0.722 bits per heavy atom. The van der Waals surface area contributed by atoms with Crippen LogP contribution in [-0.4, -0.2) is 14.1 Å². The maximum atomic E-state index is 2.25. The van der Waals surface area contributed by atoms with Crippen LogP contribution in [0.25, 0.3) is 0 Å². The number of hydrogen-bond acceptors (Lipinski definition) is 0. The summed E-state index contributed by atoms with van der Waals surface area (Å²) in [4.78, 5) is 0. The van der Waals surface area contributed by atoms with E-state index in [4.69, 9.17) is 0 Å². The van der Waals surface area contributed by atoms with E-state index < -0.39 is 0 Å². The van der Waals surface area contributed by atoms with Crippen molar-refractivity contribution in [3.05, 3.63) is 59.2 Å². The number of aryl methyl sites for hydroxylation is 1. The van der Waals surface area contributed by atoms with Gasteiger partial charge in [-0.25, -0.2) is 0 Å². The quantitative estimate of drug-likeness (QED) is 0.677. The van der Waals surface area contributed by atoms with E-state index in [1.54, 1.807) is 0 Å². The predicted octanol–water partition coefficient (Wildman–Crippen LogP) is 4.51. The van der Waals surface area contributed by atoms with Crippen LogP contribution in [0.3, 0.4) is 0 Å². The first-order valence-electron chi connectivity index (χ1n) is 6.41. The first kappa shape index (κ1) is 12.8. The zero-order valence-electron chi connectivity index (χ0n) is 12.0. The summed E-state index contributed by atoms with van der Waals surface area (Å²) in [7, 11) is 4.49. The van der Waals surface area contributed by atoms with Crippen molar-refractivity contribution in [1.29, 1.82) is 0 Å². The Hall–Kier alpha value is -1.60. The van der Waals surface area contributed by atoms with Gasteiger partial charge in [0.2, 0.25) is 0 Å². The average molecular weight is 240 g/mol. The zero-order chi connectivity index (χ0) is 13.3. The molecule has 18 heavy (non-hydrogen) atoms. The van der Waals surface area contributed by atoms with Crippen LogP contribution in [0.1, 0.15) is 16.7 Å². The highest BCUT2D eigenvalue weighted by molar-refractivity contribution is 5.63. The van der Waals surface area contributed by atoms with Gasteiger partial charge in [0.25, 0.3) is 0 Å². The lowest BCUT2D eigenvalue weighted by atomic mass is 10.0. The van der Waals surface area contributed by atoms with E-state index in [9.17, 15) is 0 Å². The Morgan fingerprint density at radius 2 is 1.33 bits per heavy atom. The number of quaternary nitrogens is 1. The van der Waals surface area contributed by atoms with E-state index in [0.29, 0.717) is 0 Å². The second-order valence-corrected chi connectivity index (χ2v) is 5.44. The Morgan fingerprint density at radius 3 is 1.94 bits per heavy atom. The number of nitrogens with zero attached hydrogens (tertiary/aromatic N) is 1. The van der Waals surface area contributed by atoms with E-state index in [1.807, 2.05) is 0 Å². The summed E-state index contributed by atoms with van der Waals surface area (Å²) in [5.74, 6) is 0. The molecule has 0 aromatic heterocycles. The van der Waals surface area contributed by atoms with Crippen molar-refractivity contribution in [3.63, 3.8) is 0 Å². The zero-order valence-corrected chi connectivity index (χ0v) is 12.0. The van der Waals surface area contributed by atoms with E-state index in [-0.39, 0.29) is 0 Å². The standard InChI is InChI=1S/C17H22N/c1-13-11-12-17(15(3)14(13)2)18(4,5)16-9-7-6-8-10-16/h6-12H,1-5H3/q+1. The Labute approximate surface area is 110 Å². The highest BCUT2D eigenvalue weighted by Crippen LogP contribution is 2.34. The van der Waals surface area contributed by atoms with Crippen LogP contribution in [0.4, 0.5) is 11.4 Å². The lowest BCUT2D eigenvalue weighted by Crippen LogP contribution is -2.35. The first-order chi connectivity index (χ1) is 8.44. The summed E-state index contributed by atoms with van der Waals surface area (Å²) in [6, 6.07) is 15.1. The third-order valence-electron chi connectivity index (χ3n) is 4.03. The maximum absolute atomic E-state index is 2.25. The van der Waals surface area contributed by atoms with Crippen LogP contribution < -0.4 is 4.48 Å². The molecular weight excluding hydrogens is 218 g/mol. The van der Waals surface area contributed by atoms with Crippen molar-refractivity contribution in [3.8, 4) is 0 Å². The molecule has 2 aromatic carbocycles. The lowest BCUT2D eigenvalue weighted by molar-refractivity contribution is 0.551. The molecule has 0 N–H and O–H groups in total. The fraction of sp³-hybridized carbons (Fsp3) is 0.294. The Bertz CT molecular complexity index is 553. The highest BCUT2D eigenvalue weighted by Gasteiger charge is 2.25. The normalized spacial score (nSPS) is 11.6. The molecular formula is C17H22N+. The first-order valence-corrected chi connectivity index (χ1v) is 6.41. The smallest absolute Gasteiger partial charge is 0.140 e.